The predicted molar refractivity (Wildman–Crippen MR) is 131 cm³/mol. The summed E-state index contributed by atoms with van der Waals surface area (Å²) < 4.78 is 3.35. The van der Waals surface area contributed by atoms with E-state index in [1.807, 2.05) is 24.5 Å². The summed E-state index contributed by atoms with van der Waals surface area (Å²) in [6, 6.07) is 18.6. The molecule has 0 aliphatic carbocycles. The Morgan fingerprint density at radius 1 is 1.09 bits per heavy atom. The Labute approximate surface area is 198 Å². The molecule has 5 rings (SSSR count). The van der Waals surface area contributed by atoms with Crippen LogP contribution in [0.2, 0.25) is 0 Å². The minimum absolute atomic E-state index is 0.270. The quantitative estimate of drug-likeness (QED) is 0.382. The summed E-state index contributed by atoms with van der Waals surface area (Å²) in [4.78, 5) is 19.6. The molecular formula is C26H29N5OS. The first-order valence-corrected chi connectivity index (χ1v) is 12.6. The van der Waals surface area contributed by atoms with Crippen LogP contribution in [-0.4, -0.2) is 43.6 Å². The fourth-order valence-electron chi connectivity index (χ4n) is 4.64. The molecule has 0 spiro atoms. The SMILES string of the molecule is O=C(CCCc1nc2ccccc2s1)N1CCCC(Cc2nncn2Cc2ccccc2)C1. The number of benzene rings is 2. The fourth-order valence-corrected chi connectivity index (χ4v) is 5.65. The molecule has 0 radical (unpaired) electrons. The zero-order chi connectivity index (χ0) is 22.5. The van der Waals surface area contributed by atoms with Crippen LogP contribution in [-0.2, 0) is 24.2 Å². The number of hydrogen-bond acceptors (Lipinski definition) is 5. The van der Waals surface area contributed by atoms with Gasteiger partial charge in [0.2, 0.25) is 5.91 Å². The number of thiazole rings is 1. The van der Waals surface area contributed by atoms with Gasteiger partial charge in [-0.3, -0.25) is 4.79 Å². The molecule has 1 aliphatic rings. The van der Waals surface area contributed by atoms with Gasteiger partial charge in [0.15, 0.2) is 0 Å². The number of piperidine rings is 1. The van der Waals surface area contributed by atoms with Crippen LogP contribution in [0.5, 0.6) is 0 Å². The molecule has 1 aliphatic heterocycles. The molecule has 1 saturated heterocycles. The number of amides is 1. The molecule has 0 N–H and O–H groups in total. The van der Waals surface area contributed by atoms with Gasteiger partial charge in [-0.05, 0) is 49.3 Å². The Kier molecular flexibility index (Phi) is 6.76. The number of carbonyl (C=O) groups is 1. The predicted octanol–water partition coefficient (Wildman–Crippen LogP) is 4.74. The molecule has 7 heteroatoms. The molecule has 1 amide bonds. The van der Waals surface area contributed by atoms with E-state index < -0.39 is 0 Å². The molecule has 3 heterocycles. The van der Waals surface area contributed by atoms with Crippen molar-refractivity contribution in [2.24, 2.45) is 5.92 Å². The Hall–Kier alpha value is -3.06. The van der Waals surface area contributed by atoms with Crippen LogP contribution in [0.1, 0.15) is 42.1 Å². The van der Waals surface area contributed by atoms with Crippen LogP contribution in [0.4, 0.5) is 0 Å². The summed E-state index contributed by atoms with van der Waals surface area (Å²) in [6.07, 6.45) is 7.18. The number of aromatic nitrogens is 4. The van der Waals surface area contributed by atoms with Crippen LogP contribution >= 0.6 is 11.3 Å². The topological polar surface area (TPSA) is 63.9 Å². The molecule has 1 unspecified atom stereocenters. The lowest BCUT2D eigenvalue weighted by Gasteiger charge is -2.32. The van der Waals surface area contributed by atoms with Gasteiger partial charge < -0.3 is 9.47 Å². The molecule has 1 atom stereocenters. The van der Waals surface area contributed by atoms with Gasteiger partial charge in [-0.25, -0.2) is 4.98 Å². The Balaban J connectivity index is 1.12. The van der Waals surface area contributed by atoms with Crippen molar-refractivity contribution in [2.75, 3.05) is 13.1 Å². The van der Waals surface area contributed by atoms with Crippen LogP contribution in [0.15, 0.2) is 60.9 Å². The molecule has 2 aromatic carbocycles. The summed E-state index contributed by atoms with van der Waals surface area (Å²) in [5.74, 6) is 1.71. The largest absolute Gasteiger partial charge is 0.342 e. The standard InChI is InChI=1S/C26H29N5OS/c32-26(14-6-13-25-28-22-11-4-5-12-23(22)33-25)30-15-7-10-21(18-30)16-24-29-27-19-31(24)17-20-8-2-1-3-9-20/h1-5,8-9,11-12,19,21H,6-7,10,13-18H2. The van der Waals surface area contributed by atoms with Gasteiger partial charge in [0.05, 0.1) is 21.8 Å². The average molecular weight is 460 g/mol. The maximum absolute atomic E-state index is 12.9. The highest BCUT2D eigenvalue weighted by Gasteiger charge is 2.25. The first kappa shape index (κ1) is 21.8. The number of likely N-dealkylation sites (tertiary alicyclic amines) is 1. The van der Waals surface area contributed by atoms with Crippen LogP contribution < -0.4 is 0 Å². The lowest BCUT2D eigenvalue weighted by molar-refractivity contribution is -0.133. The zero-order valence-corrected chi connectivity index (χ0v) is 19.6. The third-order valence-corrected chi connectivity index (χ3v) is 7.45. The van der Waals surface area contributed by atoms with E-state index in [2.05, 4.69) is 56.1 Å². The third-order valence-electron chi connectivity index (χ3n) is 6.35. The van der Waals surface area contributed by atoms with Crippen molar-refractivity contribution in [1.29, 1.82) is 0 Å². The monoisotopic (exact) mass is 459 g/mol. The van der Waals surface area contributed by atoms with E-state index in [0.29, 0.717) is 12.3 Å². The second-order valence-corrected chi connectivity index (χ2v) is 9.96. The number of fused-ring (bicyclic) bond motifs is 1. The molecule has 1 fully saturated rings. The lowest BCUT2D eigenvalue weighted by atomic mass is 9.94. The summed E-state index contributed by atoms with van der Waals surface area (Å²) >= 11 is 1.74. The van der Waals surface area contributed by atoms with Crippen molar-refractivity contribution >= 4 is 27.5 Å². The van der Waals surface area contributed by atoms with Crippen molar-refractivity contribution in [3.8, 4) is 0 Å². The maximum atomic E-state index is 12.9. The zero-order valence-electron chi connectivity index (χ0n) is 18.8. The lowest BCUT2D eigenvalue weighted by Crippen LogP contribution is -2.40. The number of carbonyl (C=O) groups excluding carboxylic acids is 1. The van der Waals surface area contributed by atoms with E-state index in [4.69, 9.17) is 4.98 Å². The summed E-state index contributed by atoms with van der Waals surface area (Å²) in [6.45, 7) is 2.47. The number of nitrogens with zero attached hydrogens (tertiary/aromatic N) is 5. The average Bonchev–Trinajstić information content (AvgIpc) is 3.46. The van der Waals surface area contributed by atoms with Gasteiger partial charge in [-0.1, -0.05) is 42.5 Å². The highest BCUT2D eigenvalue weighted by atomic mass is 32.1. The molecule has 2 aromatic heterocycles. The van der Waals surface area contributed by atoms with E-state index in [1.54, 1.807) is 11.3 Å². The summed E-state index contributed by atoms with van der Waals surface area (Å²) in [5, 5.41) is 9.65. The smallest absolute Gasteiger partial charge is 0.222 e. The van der Waals surface area contributed by atoms with Crippen LogP contribution in [0, 0.1) is 5.92 Å². The molecule has 170 valence electrons. The van der Waals surface area contributed by atoms with Gasteiger partial charge >= 0.3 is 0 Å². The van der Waals surface area contributed by atoms with E-state index >= 15 is 0 Å². The highest BCUT2D eigenvalue weighted by Crippen LogP contribution is 2.24. The molecule has 33 heavy (non-hydrogen) atoms. The number of aryl methyl sites for hydroxylation is 1. The van der Waals surface area contributed by atoms with Crippen LogP contribution in [0.25, 0.3) is 10.2 Å². The van der Waals surface area contributed by atoms with E-state index in [9.17, 15) is 4.79 Å². The molecule has 4 aromatic rings. The van der Waals surface area contributed by atoms with Gasteiger partial charge in [0.1, 0.15) is 12.2 Å². The second-order valence-electron chi connectivity index (χ2n) is 8.84. The van der Waals surface area contributed by atoms with E-state index in [1.165, 1.54) is 10.3 Å². The Morgan fingerprint density at radius 3 is 2.82 bits per heavy atom. The first-order chi connectivity index (χ1) is 16.2. The summed E-state index contributed by atoms with van der Waals surface area (Å²) in [7, 11) is 0. The normalized spacial score (nSPS) is 16.4. The molecule has 6 nitrogen and oxygen atoms in total. The van der Waals surface area contributed by atoms with Gasteiger partial charge in [0.25, 0.3) is 0 Å². The molecule has 0 bridgehead atoms. The Bertz CT molecular complexity index is 1170. The highest BCUT2D eigenvalue weighted by molar-refractivity contribution is 7.18. The van der Waals surface area contributed by atoms with Crippen molar-refractivity contribution in [1.82, 2.24) is 24.6 Å². The van der Waals surface area contributed by atoms with Crippen molar-refractivity contribution in [3.63, 3.8) is 0 Å². The van der Waals surface area contributed by atoms with Gasteiger partial charge in [-0.2, -0.15) is 0 Å². The number of para-hydroxylation sites is 1. The summed E-state index contributed by atoms with van der Waals surface area (Å²) in [5.41, 5.74) is 2.30. The second kappa shape index (κ2) is 10.3. The van der Waals surface area contributed by atoms with Gasteiger partial charge in [-0.15, -0.1) is 21.5 Å². The third kappa shape index (κ3) is 5.47. The maximum Gasteiger partial charge on any atom is 0.222 e. The van der Waals surface area contributed by atoms with Gasteiger partial charge in [0, 0.05) is 25.9 Å². The number of hydrogen-bond donors (Lipinski definition) is 0. The van der Waals surface area contributed by atoms with Crippen molar-refractivity contribution < 1.29 is 4.79 Å². The van der Waals surface area contributed by atoms with Crippen molar-refractivity contribution in [3.05, 3.63) is 77.3 Å². The first-order valence-electron chi connectivity index (χ1n) is 11.8. The van der Waals surface area contributed by atoms with Crippen molar-refractivity contribution in [2.45, 2.75) is 45.1 Å². The van der Waals surface area contributed by atoms with E-state index in [0.717, 1.165) is 68.1 Å². The Morgan fingerprint density at radius 2 is 1.94 bits per heavy atom. The fraction of sp³-hybridized carbons (Fsp3) is 0.385. The van der Waals surface area contributed by atoms with Crippen LogP contribution in [0.3, 0.4) is 0 Å². The minimum Gasteiger partial charge on any atom is -0.342 e. The van der Waals surface area contributed by atoms with E-state index in [-0.39, 0.29) is 5.91 Å². The number of rotatable bonds is 8. The molecular weight excluding hydrogens is 430 g/mol. The minimum atomic E-state index is 0.270. The molecule has 0 saturated carbocycles.